The number of carbonyl (C=O) groups excluding carboxylic acids is 1. The Morgan fingerprint density at radius 1 is 1.12 bits per heavy atom. The van der Waals surface area contributed by atoms with Crippen LogP contribution < -0.4 is 4.74 Å². The summed E-state index contributed by atoms with van der Waals surface area (Å²) in [7, 11) is 1.51. The van der Waals surface area contributed by atoms with Crippen LogP contribution in [0.2, 0.25) is 0 Å². The number of carbonyl (C=O) groups is 1. The average Bonchev–Trinajstić information content (AvgIpc) is 3.42. The second kappa shape index (κ2) is 12.2. The van der Waals surface area contributed by atoms with Crippen molar-refractivity contribution in [2.75, 3.05) is 13.7 Å². The van der Waals surface area contributed by atoms with Gasteiger partial charge in [-0.05, 0) is 29.8 Å². The summed E-state index contributed by atoms with van der Waals surface area (Å²) < 4.78 is 59.2. The summed E-state index contributed by atoms with van der Waals surface area (Å²) in [5, 5.41) is 40.2. The highest BCUT2D eigenvalue weighted by molar-refractivity contribution is 5.88. The summed E-state index contributed by atoms with van der Waals surface area (Å²) in [4.78, 5) is 13.6. The first-order valence-corrected chi connectivity index (χ1v) is 12.8. The van der Waals surface area contributed by atoms with E-state index in [1.165, 1.54) is 13.3 Å². The van der Waals surface area contributed by atoms with Crippen LogP contribution in [-0.4, -0.2) is 80.3 Å². The van der Waals surface area contributed by atoms with Crippen molar-refractivity contribution >= 4 is 5.78 Å². The largest absolute Gasteiger partial charge is 0.497 e. The van der Waals surface area contributed by atoms with Gasteiger partial charge in [-0.15, -0.1) is 5.10 Å². The van der Waals surface area contributed by atoms with Crippen LogP contribution >= 0.6 is 0 Å². The molecule has 10 nitrogen and oxygen atoms in total. The van der Waals surface area contributed by atoms with E-state index in [2.05, 4.69) is 10.3 Å². The van der Waals surface area contributed by atoms with Gasteiger partial charge in [-0.3, -0.25) is 4.79 Å². The van der Waals surface area contributed by atoms with E-state index in [9.17, 15) is 33.3 Å². The number of benzene rings is 2. The lowest BCUT2D eigenvalue weighted by Crippen LogP contribution is -2.61. The third kappa shape index (κ3) is 6.44. The van der Waals surface area contributed by atoms with Crippen molar-refractivity contribution < 1.29 is 47.5 Å². The van der Waals surface area contributed by atoms with E-state index in [-0.39, 0.29) is 17.9 Å². The second-order valence-electron chi connectivity index (χ2n) is 10.8. The number of hydrogen-bond donors (Lipinski definition) is 3. The molecule has 3 N–H and O–H groups in total. The van der Waals surface area contributed by atoms with Crippen molar-refractivity contribution in [3.8, 4) is 17.0 Å². The van der Waals surface area contributed by atoms with Gasteiger partial charge in [0.2, 0.25) is 0 Å². The number of ketones is 1. The van der Waals surface area contributed by atoms with Gasteiger partial charge in [0.1, 0.15) is 48.0 Å². The highest BCUT2D eigenvalue weighted by atomic mass is 19.2. The molecule has 2 unspecified atom stereocenters. The van der Waals surface area contributed by atoms with E-state index >= 15 is 0 Å². The smallest absolute Gasteiger partial charge is 0.194 e. The third-order valence-electron chi connectivity index (χ3n) is 6.88. The Morgan fingerprint density at radius 3 is 2.41 bits per heavy atom. The van der Waals surface area contributed by atoms with Gasteiger partial charge < -0.3 is 29.5 Å². The molecule has 0 radical (unpaired) electrons. The van der Waals surface area contributed by atoms with Crippen LogP contribution in [0.3, 0.4) is 0 Å². The molecule has 0 spiro atoms. The minimum absolute atomic E-state index is 0.0531. The van der Waals surface area contributed by atoms with E-state index in [1.807, 2.05) is 0 Å². The molecule has 2 heterocycles. The Morgan fingerprint density at radius 2 is 1.80 bits per heavy atom. The minimum Gasteiger partial charge on any atom is -0.497 e. The van der Waals surface area contributed by atoms with Crippen LogP contribution in [0.25, 0.3) is 11.3 Å². The molecule has 0 amide bonds. The summed E-state index contributed by atoms with van der Waals surface area (Å²) in [6, 6.07) is 7.12. The van der Waals surface area contributed by atoms with Crippen molar-refractivity contribution in [2.45, 2.75) is 63.9 Å². The van der Waals surface area contributed by atoms with Crippen LogP contribution in [0.5, 0.6) is 5.75 Å². The molecule has 1 fully saturated rings. The van der Waals surface area contributed by atoms with Crippen molar-refractivity contribution in [3.63, 3.8) is 0 Å². The first kappa shape index (κ1) is 30.6. The number of nitrogens with zero attached hydrogens (tertiary/aromatic N) is 3. The topological polar surface area (TPSA) is 136 Å². The van der Waals surface area contributed by atoms with Crippen molar-refractivity contribution in [2.24, 2.45) is 5.41 Å². The normalized spacial score (nSPS) is 23.8. The first-order valence-electron chi connectivity index (χ1n) is 12.8. The molecule has 6 atom stereocenters. The lowest BCUT2D eigenvalue weighted by molar-refractivity contribution is -0.236. The number of ether oxygens (including phenoxy) is 3. The summed E-state index contributed by atoms with van der Waals surface area (Å²) in [5.74, 6) is -4.35. The molecule has 3 aromatic rings. The molecule has 1 saturated heterocycles. The SMILES string of the molecule is COc1cccc(CO[C@H](C(=O)C(C)(C)C)[C@@H]2OC(CO)[C@H](O)[C@H](n3cc(-c4cc(F)c(F)c(F)c4)nn3)C2O)c1. The molecule has 222 valence electrons. The fourth-order valence-corrected chi connectivity index (χ4v) is 4.65. The van der Waals surface area contributed by atoms with Crippen LogP contribution in [0.4, 0.5) is 13.2 Å². The zero-order valence-corrected chi connectivity index (χ0v) is 22.9. The molecular weight excluding hydrogens is 547 g/mol. The Kier molecular flexibility index (Phi) is 9.14. The maximum Gasteiger partial charge on any atom is 0.194 e. The van der Waals surface area contributed by atoms with E-state index in [0.717, 1.165) is 16.8 Å². The molecule has 41 heavy (non-hydrogen) atoms. The molecule has 13 heteroatoms. The highest BCUT2D eigenvalue weighted by Crippen LogP contribution is 2.35. The number of aliphatic hydroxyl groups excluding tert-OH is 3. The maximum absolute atomic E-state index is 13.8. The monoisotopic (exact) mass is 579 g/mol. The molecule has 0 saturated carbocycles. The van der Waals surface area contributed by atoms with Gasteiger partial charge in [0, 0.05) is 11.0 Å². The lowest BCUT2D eigenvalue weighted by atomic mass is 9.81. The van der Waals surface area contributed by atoms with Gasteiger partial charge >= 0.3 is 0 Å². The minimum atomic E-state index is -1.64. The van der Waals surface area contributed by atoms with E-state index < -0.39 is 71.8 Å². The summed E-state index contributed by atoms with van der Waals surface area (Å²) in [6.45, 7) is 4.29. The Bertz CT molecular complexity index is 1360. The first-order chi connectivity index (χ1) is 19.3. The van der Waals surface area contributed by atoms with Gasteiger partial charge in [0.05, 0.1) is 26.5 Å². The number of Topliss-reactive ketones (excluding diaryl/α,β-unsaturated/α-hetero) is 1. The van der Waals surface area contributed by atoms with Gasteiger partial charge in [-0.25, -0.2) is 17.9 Å². The number of halogens is 3. The summed E-state index contributed by atoms with van der Waals surface area (Å²) in [6.07, 6.45) is -5.94. The Balaban J connectivity index is 1.68. The van der Waals surface area contributed by atoms with Crippen LogP contribution in [-0.2, 0) is 20.9 Å². The summed E-state index contributed by atoms with van der Waals surface area (Å²) in [5.41, 5.74) is -0.473. The van der Waals surface area contributed by atoms with Crippen molar-refractivity contribution in [1.82, 2.24) is 15.0 Å². The average molecular weight is 580 g/mol. The molecule has 1 aromatic heterocycles. The molecule has 2 aromatic carbocycles. The van der Waals surface area contributed by atoms with Gasteiger partial charge in [-0.2, -0.15) is 0 Å². The summed E-state index contributed by atoms with van der Waals surface area (Å²) >= 11 is 0. The zero-order valence-electron chi connectivity index (χ0n) is 22.9. The number of methoxy groups -OCH3 is 1. The predicted molar refractivity (Wildman–Crippen MR) is 138 cm³/mol. The zero-order chi connectivity index (χ0) is 30.1. The molecule has 4 rings (SSSR count). The van der Waals surface area contributed by atoms with E-state index in [1.54, 1.807) is 45.0 Å². The number of aliphatic hydroxyl groups is 3. The van der Waals surface area contributed by atoms with Crippen molar-refractivity contribution in [1.29, 1.82) is 0 Å². The molecule has 1 aliphatic heterocycles. The number of hydrogen-bond acceptors (Lipinski definition) is 9. The molecule has 0 aliphatic carbocycles. The van der Waals surface area contributed by atoms with Gasteiger partial charge in [-0.1, -0.05) is 38.1 Å². The third-order valence-corrected chi connectivity index (χ3v) is 6.88. The Hall–Kier alpha value is -3.36. The van der Waals surface area contributed by atoms with Gasteiger partial charge in [0.25, 0.3) is 0 Å². The second-order valence-corrected chi connectivity index (χ2v) is 10.8. The maximum atomic E-state index is 13.8. The quantitative estimate of drug-likeness (QED) is 0.327. The highest BCUT2D eigenvalue weighted by Gasteiger charge is 2.51. The lowest BCUT2D eigenvalue weighted by Gasteiger charge is -2.45. The Labute approximate surface area is 234 Å². The van der Waals surface area contributed by atoms with Crippen molar-refractivity contribution in [3.05, 3.63) is 65.6 Å². The van der Waals surface area contributed by atoms with E-state index in [0.29, 0.717) is 11.3 Å². The van der Waals surface area contributed by atoms with Crippen LogP contribution in [0.15, 0.2) is 42.6 Å². The molecule has 1 aliphatic rings. The number of rotatable bonds is 9. The molecular formula is C28H32F3N3O7. The van der Waals surface area contributed by atoms with E-state index in [4.69, 9.17) is 14.2 Å². The van der Waals surface area contributed by atoms with Gasteiger partial charge in [0.15, 0.2) is 23.2 Å². The molecule has 0 bridgehead atoms. The van der Waals surface area contributed by atoms with Crippen LogP contribution in [0.1, 0.15) is 32.4 Å². The fourth-order valence-electron chi connectivity index (χ4n) is 4.65. The number of aromatic nitrogens is 3. The standard InChI is InChI=1S/C28H32F3N3O7/c1-28(2,3)27(38)26(40-13-14-6-5-7-16(8-14)39-4)25-24(37)22(23(36)20(12-35)41-25)34-11-19(32-33-34)15-9-17(29)21(31)18(30)10-15/h5-11,20,22-26,35-37H,12-13H2,1-4H3/t20?,22-,23-,24?,25+,26-/m0/s1. The fraction of sp³-hybridized carbons (Fsp3) is 0.464. The van der Waals surface area contributed by atoms with Crippen LogP contribution in [0, 0.1) is 22.9 Å². The predicted octanol–water partition coefficient (Wildman–Crippen LogP) is 2.59.